The van der Waals surface area contributed by atoms with Crippen LogP contribution in [0.5, 0.6) is 0 Å². The number of nitrogens with zero attached hydrogens (tertiary/aromatic N) is 1. The van der Waals surface area contributed by atoms with Crippen LogP contribution < -0.4 is 10.5 Å². The molecule has 2 aromatic rings. The SMILES string of the molecule is Cc1csc(CN)c1S(=O)(=O)Nc1cccnc1C. The number of rotatable bonds is 4. The van der Waals surface area contributed by atoms with Crippen LogP contribution in [-0.4, -0.2) is 13.4 Å². The van der Waals surface area contributed by atoms with Crippen molar-refractivity contribution in [1.82, 2.24) is 4.98 Å². The van der Waals surface area contributed by atoms with Crippen molar-refractivity contribution in [2.24, 2.45) is 5.73 Å². The molecule has 0 aliphatic carbocycles. The summed E-state index contributed by atoms with van der Waals surface area (Å²) in [5, 5.41) is 1.80. The standard InChI is InChI=1S/C12H15N3O2S2/c1-8-7-18-11(6-13)12(8)19(16,17)15-10-4-3-5-14-9(10)2/h3-5,7,15H,6,13H2,1-2H3. The van der Waals surface area contributed by atoms with E-state index in [4.69, 9.17) is 5.73 Å². The first-order chi connectivity index (χ1) is 8.95. The minimum atomic E-state index is -3.63. The van der Waals surface area contributed by atoms with Gasteiger partial charge in [0.15, 0.2) is 0 Å². The van der Waals surface area contributed by atoms with Crippen molar-refractivity contribution in [3.8, 4) is 0 Å². The third-order valence-electron chi connectivity index (χ3n) is 2.69. The topological polar surface area (TPSA) is 85.1 Å². The predicted molar refractivity (Wildman–Crippen MR) is 76.7 cm³/mol. The Hall–Kier alpha value is -1.44. The molecule has 0 fully saturated rings. The highest BCUT2D eigenvalue weighted by molar-refractivity contribution is 7.93. The lowest BCUT2D eigenvalue weighted by Crippen LogP contribution is -2.16. The van der Waals surface area contributed by atoms with Crippen LogP contribution in [0.25, 0.3) is 0 Å². The number of thiophene rings is 1. The molecule has 0 radical (unpaired) electrons. The van der Waals surface area contributed by atoms with Crippen molar-refractivity contribution >= 4 is 27.0 Å². The van der Waals surface area contributed by atoms with Gasteiger partial charge in [0.2, 0.25) is 0 Å². The van der Waals surface area contributed by atoms with Gasteiger partial charge in [-0.2, -0.15) is 0 Å². The number of hydrogen-bond acceptors (Lipinski definition) is 5. The van der Waals surface area contributed by atoms with Gasteiger partial charge in [0.25, 0.3) is 10.0 Å². The van der Waals surface area contributed by atoms with Gasteiger partial charge in [0, 0.05) is 17.6 Å². The first kappa shape index (κ1) is 14.0. The van der Waals surface area contributed by atoms with Gasteiger partial charge in [-0.05, 0) is 36.9 Å². The number of nitrogens with one attached hydrogen (secondary N) is 1. The lowest BCUT2D eigenvalue weighted by Gasteiger charge is -2.11. The fourth-order valence-corrected chi connectivity index (χ4v) is 4.60. The molecule has 0 atom stereocenters. The third-order valence-corrected chi connectivity index (χ3v) is 5.55. The molecule has 2 heterocycles. The number of sulfonamides is 1. The normalized spacial score (nSPS) is 11.5. The maximum absolute atomic E-state index is 12.4. The van der Waals surface area contributed by atoms with Gasteiger partial charge in [-0.1, -0.05) is 0 Å². The molecule has 19 heavy (non-hydrogen) atoms. The summed E-state index contributed by atoms with van der Waals surface area (Å²) >= 11 is 1.36. The minimum Gasteiger partial charge on any atom is -0.326 e. The molecule has 0 aliphatic rings. The van der Waals surface area contributed by atoms with Crippen LogP contribution >= 0.6 is 11.3 Å². The fourth-order valence-electron chi connectivity index (χ4n) is 1.78. The van der Waals surface area contributed by atoms with Crippen molar-refractivity contribution in [1.29, 1.82) is 0 Å². The average Bonchev–Trinajstić information content (AvgIpc) is 2.74. The Kier molecular flexibility index (Phi) is 3.88. The minimum absolute atomic E-state index is 0.209. The van der Waals surface area contributed by atoms with Crippen LogP contribution in [0.4, 0.5) is 5.69 Å². The van der Waals surface area contributed by atoms with Gasteiger partial charge < -0.3 is 5.73 Å². The Morgan fingerprint density at radius 3 is 2.79 bits per heavy atom. The molecule has 0 bridgehead atoms. The number of anilines is 1. The zero-order chi connectivity index (χ0) is 14.0. The summed E-state index contributed by atoms with van der Waals surface area (Å²) in [6.07, 6.45) is 1.62. The zero-order valence-corrected chi connectivity index (χ0v) is 12.3. The first-order valence-electron chi connectivity index (χ1n) is 5.67. The summed E-state index contributed by atoms with van der Waals surface area (Å²) in [7, 11) is -3.63. The van der Waals surface area contributed by atoms with E-state index in [1.54, 1.807) is 37.6 Å². The van der Waals surface area contributed by atoms with E-state index in [2.05, 4.69) is 9.71 Å². The summed E-state index contributed by atoms with van der Waals surface area (Å²) in [5.41, 5.74) is 7.41. The molecular weight excluding hydrogens is 282 g/mol. The molecule has 3 N–H and O–H groups in total. The molecular formula is C12H15N3O2S2. The Balaban J connectivity index is 2.44. The zero-order valence-electron chi connectivity index (χ0n) is 10.7. The second kappa shape index (κ2) is 5.28. The highest BCUT2D eigenvalue weighted by Crippen LogP contribution is 2.28. The highest BCUT2D eigenvalue weighted by atomic mass is 32.2. The van der Waals surface area contributed by atoms with Crippen molar-refractivity contribution in [2.75, 3.05) is 4.72 Å². The summed E-state index contributed by atoms with van der Waals surface area (Å²) in [5.74, 6) is 0. The summed E-state index contributed by atoms with van der Waals surface area (Å²) in [6, 6.07) is 3.37. The van der Waals surface area contributed by atoms with Crippen LogP contribution in [0.2, 0.25) is 0 Å². The summed E-state index contributed by atoms with van der Waals surface area (Å²) < 4.78 is 27.4. The smallest absolute Gasteiger partial charge is 0.263 e. The molecule has 102 valence electrons. The molecule has 0 saturated carbocycles. The molecule has 0 aliphatic heterocycles. The van der Waals surface area contributed by atoms with Crippen LogP contribution in [0.1, 0.15) is 16.1 Å². The van der Waals surface area contributed by atoms with Crippen molar-refractivity contribution in [3.63, 3.8) is 0 Å². The maximum Gasteiger partial charge on any atom is 0.263 e. The Bertz CT molecular complexity index is 693. The lowest BCUT2D eigenvalue weighted by molar-refractivity contribution is 0.600. The Morgan fingerprint density at radius 2 is 2.16 bits per heavy atom. The fraction of sp³-hybridized carbons (Fsp3) is 0.250. The van der Waals surface area contributed by atoms with Gasteiger partial charge in [-0.25, -0.2) is 8.42 Å². The van der Waals surface area contributed by atoms with Gasteiger partial charge in [0.1, 0.15) is 4.90 Å². The molecule has 0 saturated heterocycles. The highest BCUT2D eigenvalue weighted by Gasteiger charge is 2.23. The first-order valence-corrected chi connectivity index (χ1v) is 8.03. The lowest BCUT2D eigenvalue weighted by atomic mass is 10.3. The van der Waals surface area contributed by atoms with Crippen LogP contribution in [0.15, 0.2) is 28.6 Å². The van der Waals surface area contributed by atoms with Crippen molar-refractivity contribution in [2.45, 2.75) is 25.3 Å². The quantitative estimate of drug-likeness (QED) is 0.904. The largest absolute Gasteiger partial charge is 0.326 e. The van der Waals surface area contributed by atoms with E-state index < -0.39 is 10.0 Å². The van der Waals surface area contributed by atoms with E-state index in [1.807, 2.05) is 0 Å². The number of hydrogen-bond donors (Lipinski definition) is 2. The van der Waals surface area contributed by atoms with E-state index in [0.717, 1.165) is 0 Å². The number of aromatic nitrogens is 1. The number of aryl methyl sites for hydroxylation is 2. The molecule has 0 aromatic carbocycles. The second-order valence-electron chi connectivity index (χ2n) is 4.12. The number of pyridine rings is 1. The van der Waals surface area contributed by atoms with Gasteiger partial charge in [0.05, 0.1) is 11.4 Å². The Morgan fingerprint density at radius 1 is 1.42 bits per heavy atom. The van der Waals surface area contributed by atoms with E-state index in [-0.39, 0.29) is 11.4 Å². The molecule has 0 spiro atoms. The van der Waals surface area contributed by atoms with Gasteiger partial charge in [-0.3, -0.25) is 9.71 Å². The van der Waals surface area contributed by atoms with E-state index in [0.29, 0.717) is 21.8 Å². The molecule has 5 nitrogen and oxygen atoms in total. The Labute approximate surface area is 116 Å². The van der Waals surface area contributed by atoms with Gasteiger partial charge >= 0.3 is 0 Å². The van der Waals surface area contributed by atoms with Crippen LogP contribution in [-0.2, 0) is 16.6 Å². The molecule has 2 aromatic heterocycles. The molecule has 2 rings (SSSR count). The van der Waals surface area contributed by atoms with Crippen LogP contribution in [0, 0.1) is 13.8 Å². The summed E-state index contributed by atoms with van der Waals surface area (Å²) in [6.45, 7) is 3.73. The van der Waals surface area contributed by atoms with Crippen molar-refractivity contribution in [3.05, 3.63) is 39.8 Å². The molecule has 0 unspecified atom stereocenters. The van der Waals surface area contributed by atoms with E-state index in [1.165, 1.54) is 11.3 Å². The van der Waals surface area contributed by atoms with Gasteiger partial charge in [-0.15, -0.1) is 11.3 Å². The number of nitrogens with two attached hydrogens (primary N) is 1. The van der Waals surface area contributed by atoms with E-state index in [9.17, 15) is 8.42 Å². The summed E-state index contributed by atoms with van der Waals surface area (Å²) in [4.78, 5) is 5.00. The second-order valence-corrected chi connectivity index (χ2v) is 6.70. The van der Waals surface area contributed by atoms with E-state index >= 15 is 0 Å². The third kappa shape index (κ3) is 2.78. The monoisotopic (exact) mass is 297 g/mol. The molecule has 0 amide bonds. The molecule has 7 heteroatoms. The van der Waals surface area contributed by atoms with Crippen molar-refractivity contribution < 1.29 is 8.42 Å². The van der Waals surface area contributed by atoms with Crippen LogP contribution in [0.3, 0.4) is 0 Å². The maximum atomic E-state index is 12.4. The predicted octanol–water partition coefficient (Wildman–Crippen LogP) is 2.02. The average molecular weight is 297 g/mol.